The normalized spacial score (nSPS) is 10.7. The molecular formula is C10H15N7O2. The molecule has 0 unspecified atom stereocenters. The highest BCUT2D eigenvalue weighted by atomic mass is 16.5. The van der Waals surface area contributed by atoms with E-state index in [2.05, 4.69) is 20.5 Å². The Balaban J connectivity index is 2.12. The first kappa shape index (κ1) is 13.0. The second-order valence-corrected chi connectivity index (χ2v) is 3.93. The number of tetrazole rings is 1. The van der Waals surface area contributed by atoms with E-state index in [1.807, 2.05) is 6.92 Å². The van der Waals surface area contributed by atoms with Crippen molar-refractivity contribution in [1.82, 2.24) is 30.0 Å². The van der Waals surface area contributed by atoms with Crippen molar-refractivity contribution in [2.75, 3.05) is 5.73 Å². The maximum Gasteiger partial charge on any atom is 0.359 e. The highest BCUT2D eigenvalue weighted by molar-refractivity contribution is 5.93. The molecule has 2 N–H and O–H groups in total. The van der Waals surface area contributed by atoms with Gasteiger partial charge in [-0.3, -0.25) is 4.68 Å². The van der Waals surface area contributed by atoms with E-state index >= 15 is 0 Å². The van der Waals surface area contributed by atoms with Gasteiger partial charge in [0.1, 0.15) is 0 Å². The number of nitrogens with two attached hydrogens (primary N) is 1. The Morgan fingerprint density at radius 3 is 2.74 bits per heavy atom. The van der Waals surface area contributed by atoms with Gasteiger partial charge in [-0.05, 0) is 19.1 Å². The van der Waals surface area contributed by atoms with Crippen LogP contribution < -0.4 is 5.73 Å². The molecule has 0 radical (unpaired) electrons. The molecule has 0 amide bonds. The lowest BCUT2D eigenvalue weighted by Crippen LogP contribution is -2.14. The Labute approximate surface area is 109 Å². The van der Waals surface area contributed by atoms with Crippen LogP contribution in [-0.4, -0.2) is 36.0 Å². The second kappa shape index (κ2) is 5.04. The number of anilines is 1. The van der Waals surface area contributed by atoms with E-state index in [0.29, 0.717) is 23.8 Å². The third-order valence-electron chi connectivity index (χ3n) is 2.55. The van der Waals surface area contributed by atoms with Crippen molar-refractivity contribution in [3.05, 3.63) is 17.2 Å². The van der Waals surface area contributed by atoms with E-state index < -0.39 is 5.97 Å². The van der Waals surface area contributed by atoms with E-state index in [4.69, 9.17) is 10.5 Å². The number of hydrogen-bond donors (Lipinski definition) is 1. The number of hydrogen-bond acceptors (Lipinski definition) is 7. The van der Waals surface area contributed by atoms with Crippen LogP contribution in [0.15, 0.2) is 0 Å². The van der Waals surface area contributed by atoms with Crippen molar-refractivity contribution in [2.24, 2.45) is 7.05 Å². The van der Waals surface area contributed by atoms with Crippen molar-refractivity contribution in [1.29, 1.82) is 0 Å². The van der Waals surface area contributed by atoms with Crippen LogP contribution in [0, 0.1) is 6.92 Å². The maximum absolute atomic E-state index is 12.0. The van der Waals surface area contributed by atoms with Gasteiger partial charge in [-0.1, -0.05) is 0 Å². The molecule has 19 heavy (non-hydrogen) atoms. The Kier molecular flexibility index (Phi) is 3.45. The van der Waals surface area contributed by atoms with Crippen molar-refractivity contribution < 1.29 is 9.53 Å². The minimum atomic E-state index is -0.549. The molecule has 9 heteroatoms. The van der Waals surface area contributed by atoms with Crippen LogP contribution >= 0.6 is 0 Å². The molecule has 0 saturated carbocycles. The summed E-state index contributed by atoms with van der Waals surface area (Å²) in [6.07, 6.45) is 0. The number of carbonyl (C=O) groups is 1. The topological polar surface area (TPSA) is 114 Å². The molecule has 0 spiro atoms. The predicted octanol–water partition coefficient (Wildman–Crippen LogP) is -0.326. The molecule has 102 valence electrons. The summed E-state index contributed by atoms with van der Waals surface area (Å²) in [5, 5.41) is 15.4. The molecule has 0 atom stereocenters. The molecule has 2 rings (SSSR count). The summed E-state index contributed by atoms with van der Waals surface area (Å²) in [5.74, 6) is -0.221. The molecule has 0 aliphatic carbocycles. The quantitative estimate of drug-likeness (QED) is 0.753. The molecule has 0 fully saturated rings. The largest absolute Gasteiger partial charge is 0.453 e. The zero-order valence-corrected chi connectivity index (χ0v) is 11.0. The first-order valence-corrected chi connectivity index (χ1v) is 5.75. The van der Waals surface area contributed by atoms with Gasteiger partial charge in [0.25, 0.3) is 0 Å². The highest BCUT2D eigenvalue weighted by Gasteiger charge is 2.21. The third kappa shape index (κ3) is 2.54. The fourth-order valence-electron chi connectivity index (χ4n) is 1.62. The smallest absolute Gasteiger partial charge is 0.359 e. The Hall–Kier alpha value is -2.45. The number of nitrogens with zero attached hydrogens (tertiary/aromatic N) is 6. The van der Waals surface area contributed by atoms with Crippen molar-refractivity contribution in [3.63, 3.8) is 0 Å². The second-order valence-electron chi connectivity index (χ2n) is 3.93. The number of aromatic nitrogens is 6. The summed E-state index contributed by atoms with van der Waals surface area (Å²) >= 11 is 0. The van der Waals surface area contributed by atoms with Crippen LogP contribution in [-0.2, 0) is 24.9 Å². The van der Waals surface area contributed by atoms with Crippen LogP contribution in [0.3, 0.4) is 0 Å². The lowest BCUT2D eigenvalue weighted by molar-refractivity contribution is 0.0449. The Morgan fingerprint density at radius 1 is 1.42 bits per heavy atom. The highest BCUT2D eigenvalue weighted by Crippen LogP contribution is 2.17. The lowest BCUT2D eigenvalue weighted by Gasteiger charge is -2.05. The molecular weight excluding hydrogens is 250 g/mol. The molecule has 0 aliphatic rings. The van der Waals surface area contributed by atoms with Gasteiger partial charge in [-0.15, -0.1) is 10.2 Å². The maximum atomic E-state index is 12.0. The van der Waals surface area contributed by atoms with Crippen LogP contribution in [0.4, 0.5) is 5.69 Å². The number of aryl methyl sites for hydroxylation is 3. The SMILES string of the molecule is CCn1nc(C)c(N)c1C(=O)OCc1nnn(C)n1. The molecule has 2 aromatic rings. The molecule has 0 bridgehead atoms. The van der Waals surface area contributed by atoms with E-state index in [9.17, 15) is 4.79 Å². The van der Waals surface area contributed by atoms with Gasteiger partial charge in [0.15, 0.2) is 12.3 Å². The molecule has 9 nitrogen and oxygen atoms in total. The van der Waals surface area contributed by atoms with Crippen molar-refractivity contribution in [2.45, 2.75) is 27.0 Å². The lowest BCUT2D eigenvalue weighted by atomic mass is 10.3. The number of esters is 1. The van der Waals surface area contributed by atoms with E-state index in [1.54, 1.807) is 14.0 Å². The third-order valence-corrected chi connectivity index (χ3v) is 2.55. The first-order chi connectivity index (χ1) is 9.02. The molecule has 2 heterocycles. The van der Waals surface area contributed by atoms with Crippen LogP contribution in [0.1, 0.15) is 28.9 Å². The molecule has 0 saturated heterocycles. The van der Waals surface area contributed by atoms with Crippen molar-refractivity contribution >= 4 is 11.7 Å². The van der Waals surface area contributed by atoms with Crippen LogP contribution in [0.5, 0.6) is 0 Å². The number of nitrogen functional groups attached to an aromatic ring is 1. The van der Waals surface area contributed by atoms with E-state index in [1.165, 1.54) is 9.48 Å². The van der Waals surface area contributed by atoms with Crippen LogP contribution in [0.2, 0.25) is 0 Å². The summed E-state index contributed by atoms with van der Waals surface area (Å²) < 4.78 is 6.62. The number of rotatable bonds is 4. The van der Waals surface area contributed by atoms with Crippen molar-refractivity contribution in [3.8, 4) is 0 Å². The minimum Gasteiger partial charge on any atom is -0.453 e. The van der Waals surface area contributed by atoms with E-state index in [-0.39, 0.29) is 12.3 Å². The summed E-state index contributed by atoms with van der Waals surface area (Å²) in [4.78, 5) is 13.3. The number of carbonyl (C=O) groups excluding carboxylic acids is 1. The van der Waals surface area contributed by atoms with Gasteiger partial charge in [0.05, 0.1) is 18.4 Å². The van der Waals surface area contributed by atoms with Gasteiger partial charge < -0.3 is 10.5 Å². The molecule has 0 aromatic carbocycles. The fraction of sp³-hybridized carbons (Fsp3) is 0.500. The average molecular weight is 265 g/mol. The zero-order chi connectivity index (χ0) is 14.0. The van der Waals surface area contributed by atoms with Gasteiger partial charge >= 0.3 is 5.97 Å². The van der Waals surface area contributed by atoms with Gasteiger partial charge in [-0.25, -0.2) is 4.79 Å². The number of ether oxygens (including phenoxy) is 1. The van der Waals surface area contributed by atoms with Gasteiger partial charge in [-0.2, -0.15) is 9.90 Å². The first-order valence-electron chi connectivity index (χ1n) is 5.75. The Bertz CT molecular complexity index is 601. The summed E-state index contributed by atoms with van der Waals surface area (Å²) in [6.45, 7) is 4.08. The summed E-state index contributed by atoms with van der Waals surface area (Å²) in [6, 6.07) is 0. The average Bonchev–Trinajstić information content (AvgIpc) is 2.92. The predicted molar refractivity (Wildman–Crippen MR) is 65.0 cm³/mol. The van der Waals surface area contributed by atoms with Crippen LogP contribution in [0.25, 0.3) is 0 Å². The molecule has 0 aliphatic heterocycles. The zero-order valence-electron chi connectivity index (χ0n) is 11.0. The van der Waals surface area contributed by atoms with E-state index in [0.717, 1.165) is 0 Å². The summed E-state index contributed by atoms with van der Waals surface area (Å²) in [7, 11) is 1.63. The van der Waals surface area contributed by atoms with Gasteiger partial charge in [0, 0.05) is 6.54 Å². The van der Waals surface area contributed by atoms with Gasteiger partial charge in [0.2, 0.25) is 5.82 Å². The molecule has 2 aromatic heterocycles. The minimum absolute atomic E-state index is 0.0555. The monoisotopic (exact) mass is 265 g/mol. The summed E-state index contributed by atoms with van der Waals surface area (Å²) in [5.41, 5.74) is 7.01. The fourth-order valence-corrected chi connectivity index (χ4v) is 1.62. The Morgan fingerprint density at radius 2 is 2.16 bits per heavy atom. The standard InChI is InChI=1S/C10H15N7O2/c1-4-17-9(8(11)6(2)13-17)10(18)19-5-7-12-15-16(3)14-7/h4-5,11H2,1-3H3.